The Kier molecular flexibility index (Phi) is 6.84. The molecule has 0 aliphatic rings. The summed E-state index contributed by atoms with van der Waals surface area (Å²) in [6.45, 7) is 2.31. The second kappa shape index (κ2) is 9.36. The molecule has 9 heteroatoms. The quantitative estimate of drug-likeness (QED) is 0.332. The predicted molar refractivity (Wildman–Crippen MR) is 112 cm³/mol. The molecule has 0 atom stereocenters. The number of nitrogens with one attached hydrogen (secondary N) is 1. The van der Waals surface area contributed by atoms with Crippen molar-refractivity contribution in [2.75, 3.05) is 5.43 Å². The number of pyridine rings is 1. The third-order valence-corrected chi connectivity index (χ3v) is 4.57. The molecule has 0 aliphatic carbocycles. The topological polar surface area (TPSA) is 46.5 Å². The van der Waals surface area contributed by atoms with Crippen molar-refractivity contribution in [1.29, 1.82) is 0 Å². The number of hydrogen-bond acceptors (Lipinski definition) is 4. The lowest BCUT2D eigenvalue weighted by Gasteiger charge is -2.11. The van der Waals surface area contributed by atoms with Gasteiger partial charge in [0.2, 0.25) is 0 Å². The fourth-order valence-corrected chi connectivity index (χ4v) is 3.05. The molecule has 0 saturated carbocycles. The highest BCUT2D eigenvalue weighted by atomic mass is 35.5. The van der Waals surface area contributed by atoms with Gasteiger partial charge in [0.25, 0.3) is 0 Å². The van der Waals surface area contributed by atoms with Crippen LogP contribution in [0.2, 0.25) is 10.0 Å². The van der Waals surface area contributed by atoms with Crippen LogP contribution in [-0.2, 0) is 12.8 Å². The van der Waals surface area contributed by atoms with E-state index in [4.69, 9.17) is 27.9 Å². The Morgan fingerprint density at radius 2 is 1.73 bits per heavy atom. The fourth-order valence-electron chi connectivity index (χ4n) is 2.43. The Balaban J connectivity index is 1.63. The van der Waals surface area contributed by atoms with Crippen LogP contribution in [0, 0.1) is 6.92 Å². The molecule has 0 fully saturated rings. The number of rotatable bonds is 6. The van der Waals surface area contributed by atoms with Crippen LogP contribution in [-0.4, -0.2) is 11.2 Å². The lowest BCUT2D eigenvalue weighted by molar-refractivity contribution is -0.137. The van der Waals surface area contributed by atoms with Gasteiger partial charge in [0, 0.05) is 6.20 Å². The molecule has 0 bridgehead atoms. The summed E-state index contributed by atoms with van der Waals surface area (Å²) in [5, 5.41) is 4.56. The number of hydrazone groups is 1. The van der Waals surface area contributed by atoms with Gasteiger partial charge in [0.05, 0.1) is 21.8 Å². The van der Waals surface area contributed by atoms with Crippen LogP contribution in [0.15, 0.2) is 59.8 Å². The van der Waals surface area contributed by atoms with E-state index in [1.807, 2.05) is 31.2 Å². The maximum Gasteiger partial charge on any atom is 0.417 e. The molecule has 2 aromatic carbocycles. The normalized spacial score (nSPS) is 11.7. The van der Waals surface area contributed by atoms with Crippen LogP contribution in [0.5, 0.6) is 5.75 Å². The van der Waals surface area contributed by atoms with Crippen molar-refractivity contribution in [3.8, 4) is 5.75 Å². The van der Waals surface area contributed by atoms with Gasteiger partial charge in [-0.3, -0.25) is 5.43 Å². The molecular weight excluding hydrogens is 438 g/mol. The Bertz CT molecular complexity index is 1010. The molecule has 4 nitrogen and oxygen atoms in total. The van der Waals surface area contributed by atoms with Crippen LogP contribution >= 0.6 is 23.2 Å². The number of nitrogens with zero attached hydrogens (tertiary/aromatic N) is 2. The van der Waals surface area contributed by atoms with E-state index < -0.39 is 11.7 Å². The van der Waals surface area contributed by atoms with Crippen molar-refractivity contribution in [1.82, 2.24) is 4.98 Å². The number of alkyl halides is 3. The van der Waals surface area contributed by atoms with Crippen molar-refractivity contribution >= 4 is 35.2 Å². The first-order chi connectivity index (χ1) is 14.2. The van der Waals surface area contributed by atoms with Crippen LogP contribution in [0.4, 0.5) is 19.0 Å². The second-order valence-corrected chi connectivity index (χ2v) is 7.20. The van der Waals surface area contributed by atoms with Crippen LogP contribution in [0.3, 0.4) is 0 Å². The van der Waals surface area contributed by atoms with Gasteiger partial charge in [-0.05, 0) is 42.3 Å². The molecule has 1 aromatic heterocycles. The summed E-state index contributed by atoms with van der Waals surface area (Å²) in [7, 11) is 0. The monoisotopic (exact) mass is 453 g/mol. The first kappa shape index (κ1) is 21.9. The van der Waals surface area contributed by atoms with Gasteiger partial charge in [-0.2, -0.15) is 18.3 Å². The zero-order valence-corrected chi connectivity index (χ0v) is 17.2. The van der Waals surface area contributed by atoms with E-state index in [-0.39, 0.29) is 5.82 Å². The Labute approximate surface area is 181 Å². The van der Waals surface area contributed by atoms with E-state index in [1.54, 1.807) is 12.1 Å². The highest BCUT2D eigenvalue weighted by Crippen LogP contribution is 2.34. The maximum atomic E-state index is 12.5. The predicted octanol–water partition coefficient (Wildman–Crippen LogP) is 6.74. The van der Waals surface area contributed by atoms with E-state index >= 15 is 0 Å². The van der Waals surface area contributed by atoms with Crippen molar-refractivity contribution in [3.05, 3.63) is 87.0 Å². The number of anilines is 1. The van der Waals surface area contributed by atoms with Gasteiger partial charge in [-0.25, -0.2) is 4.98 Å². The van der Waals surface area contributed by atoms with Gasteiger partial charge in [0.15, 0.2) is 5.75 Å². The number of hydrogen-bond donors (Lipinski definition) is 1. The molecule has 0 radical (unpaired) electrons. The average molecular weight is 454 g/mol. The molecule has 30 heavy (non-hydrogen) atoms. The summed E-state index contributed by atoms with van der Waals surface area (Å²) in [5.41, 5.74) is 4.42. The van der Waals surface area contributed by atoms with Crippen molar-refractivity contribution in [3.63, 3.8) is 0 Å². The first-order valence-electron chi connectivity index (χ1n) is 8.72. The summed E-state index contributed by atoms with van der Waals surface area (Å²) in [6.07, 6.45) is -2.29. The van der Waals surface area contributed by atoms with Crippen LogP contribution in [0.25, 0.3) is 0 Å². The molecule has 0 amide bonds. The minimum absolute atomic E-state index is 0.162. The molecule has 0 spiro atoms. The van der Waals surface area contributed by atoms with Crippen molar-refractivity contribution in [2.45, 2.75) is 19.7 Å². The van der Waals surface area contributed by atoms with Crippen LogP contribution < -0.4 is 10.2 Å². The molecule has 0 aliphatic heterocycles. The average Bonchev–Trinajstić information content (AvgIpc) is 2.68. The minimum Gasteiger partial charge on any atom is -0.486 e. The summed E-state index contributed by atoms with van der Waals surface area (Å²) in [4.78, 5) is 3.67. The third-order valence-electron chi connectivity index (χ3n) is 4.01. The summed E-state index contributed by atoms with van der Waals surface area (Å²) >= 11 is 12.5. The minimum atomic E-state index is -4.44. The third kappa shape index (κ3) is 5.87. The summed E-state index contributed by atoms with van der Waals surface area (Å²) < 4.78 is 43.4. The second-order valence-electron chi connectivity index (χ2n) is 6.39. The molecule has 3 rings (SSSR count). The van der Waals surface area contributed by atoms with E-state index in [9.17, 15) is 13.2 Å². The molecular formula is C21H16Cl2F3N3O. The van der Waals surface area contributed by atoms with E-state index in [0.717, 1.165) is 23.4 Å². The zero-order chi connectivity index (χ0) is 21.7. The standard InChI is InChI=1S/C21H16Cl2F3N3O/c1-13-2-4-14(5-3-13)12-30-20-17(22)8-15(9-18(20)23)10-28-29-19-7-6-16(11-27-19)21(24,25)26/h2-11H,12H2,1H3,(H,27,29)/b28-10-. The molecule has 0 saturated heterocycles. The lowest BCUT2D eigenvalue weighted by atomic mass is 10.2. The highest BCUT2D eigenvalue weighted by Gasteiger charge is 2.30. The van der Waals surface area contributed by atoms with Gasteiger partial charge >= 0.3 is 6.18 Å². The largest absolute Gasteiger partial charge is 0.486 e. The first-order valence-corrected chi connectivity index (χ1v) is 9.47. The maximum absolute atomic E-state index is 12.5. The number of aryl methyl sites for hydroxylation is 1. The molecule has 156 valence electrons. The Morgan fingerprint density at radius 3 is 2.30 bits per heavy atom. The van der Waals surface area contributed by atoms with Gasteiger partial charge in [-0.15, -0.1) is 0 Å². The Morgan fingerprint density at radius 1 is 1.07 bits per heavy atom. The fraction of sp³-hybridized carbons (Fsp3) is 0.143. The van der Waals surface area contributed by atoms with Gasteiger partial charge in [0.1, 0.15) is 12.4 Å². The SMILES string of the molecule is Cc1ccc(COc2c(Cl)cc(/C=N\Nc3ccc(C(F)(F)F)cn3)cc2Cl)cc1. The number of aromatic nitrogens is 1. The summed E-state index contributed by atoms with van der Waals surface area (Å²) in [5.74, 6) is 0.517. The van der Waals surface area contributed by atoms with Gasteiger partial charge in [-0.1, -0.05) is 53.0 Å². The van der Waals surface area contributed by atoms with E-state index in [2.05, 4.69) is 15.5 Å². The van der Waals surface area contributed by atoms with Crippen LogP contribution in [0.1, 0.15) is 22.3 Å². The number of ether oxygens (including phenoxy) is 1. The zero-order valence-electron chi connectivity index (χ0n) is 15.7. The smallest absolute Gasteiger partial charge is 0.417 e. The molecule has 1 N–H and O–H groups in total. The van der Waals surface area contributed by atoms with Gasteiger partial charge < -0.3 is 4.74 Å². The highest BCUT2D eigenvalue weighted by molar-refractivity contribution is 6.37. The number of benzene rings is 2. The molecule has 3 aromatic rings. The van der Waals surface area contributed by atoms with Crippen molar-refractivity contribution < 1.29 is 17.9 Å². The van der Waals surface area contributed by atoms with E-state index in [0.29, 0.717) is 28.0 Å². The Hall–Kier alpha value is -2.77. The lowest BCUT2D eigenvalue weighted by Crippen LogP contribution is -2.05. The summed E-state index contributed by atoms with van der Waals surface area (Å²) in [6, 6.07) is 13.2. The molecule has 1 heterocycles. The number of halogens is 5. The molecule has 0 unspecified atom stereocenters. The van der Waals surface area contributed by atoms with Crippen molar-refractivity contribution in [2.24, 2.45) is 5.10 Å². The van der Waals surface area contributed by atoms with E-state index in [1.165, 1.54) is 12.3 Å².